The van der Waals surface area contributed by atoms with E-state index >= 15 is 0 Å². The molecule has 2 aromatic rings. The predicted molar refractivity (Wildman–Crippen MR) is 85.1 cm³/mol. The number of rotatable bonds is 3. The summed E-state index contributed by atoms with van der Waals surface area (Å²) in [5.41, 5.74) is 10.6. The molecule has 0 saturated heterocycles. The average molecular weight is 297 g/mol. The number of aryl methyl sites for hydroxylation is 3. The SMILES string of the molecule is CCOC(=O)c1c(N)c(C#N)cn1-c1c(C)cc(C)cc1C. The summed E-state index contributed by atoms with van der Waals surface area (Å²) in [7, 11) is 0. The van der Waals surface area contributed by atoms with Crippen LogP contribution in [0.4, 0.5) is 5.69 Å². The molecule has 0 amide bonds. The fraction of sp³-hybridized carbons (Fsp3) is 0.294. The first kappa shape index (κ1) is 15.6. The smallest absolute Gasteiger partial charge is 0.357 e. The third-order valence-corrected chi connectivity index (χ3v) is 3.51. The van der Waals surface area contributed by atoms with Crippen molar-refractivity contribution in [1.29, 1.82) is 5.26 Å². The quantitative estimate of drug-likeness (QED) is 0.883. The molecule has 0 spiro atoms. The molecule has 2 rings (SSSR count). The first-order chi connectivity index (χ1) is 10.4. The Morgan fingerprint density at radius 1 is 1.32 bits per heavy atom. The second kappa shape index (κ2) is 5.94. The first-order valence-electron chi connectivity index (χ1n) is 7.07. The Kier molecular flexibility index (Phi) is 4.22. The minimum atomic E-state index is -0.527. The van der Waals surface area contributed by atoms with Crippen LogP contribution < -0.4 is 5.73 Å². The highest BCUT2D eigenvalue weighted by atomic mass is 16.5. The van der Waals surface area contributed by atoms with Crippen LogP contribution in [0.3, 0.4) is 0 Å². The minimum absolute atomic E-state index is 0.153. The summed E-state index contributed by atoms with van der Waals surface area (Å²) in [5, 5.41) is 9.20. The van der Waals surface area contributed by atoms with Gasteiger partial charge in [0.1, 0.15) is 6.07 Å². The van der Waals surface area contributed by atoms with Crippen molar-refractivity contribution in [3.63, 3.8) is 0 Å². The number of hydrogen-bond acceptors (Lipinski definition) is 4. The molecule has 0 bridgehead atoms. The van der Waals surface area contributed by atoms with E-state index in [1.165, 1.54) is 0 Å². The lowest BCUT2D eigenvalue weighted by Gasteiger charge is -2.15. The number of anilines is 1. The Morgan fingerprint density at radius 3 is 2.41 bits per heavy atom. The number of esters is 1. The summed E-state index contributed by atoms with van der Waals surface area (Å²) < 4.78 is 6.75. The van der Waals surface area contributed by atoms with Crippen molar-refractivity contribution in [1.82, 2.24) is 4.57 Å². The highest BCUT2D eigenvalue weighted by Crippen LogP contribution is 2.29. The molecule has 0 unspecified atom stereocenters. The molecule has 0 radical (unpaired) electrons. The molecule has 22 heavy (non-hydrogen) atoms. The third kappa shape index (κ3) is 2.56. The van der Waals surface area contributed by atoms with Gasteiger partial charge in [-0.25, -0.2) is 4.79 Å². The van der Waals surface area contributed by atoms with Gasteiger partial charge in [-0.1, -0.05) is 17.7 Å². The number of carbonyl (C=O) groups excluding carboxylic acids is 1. The van der Waals surface area contributed by atoms with E-state index in [2.05, 4.69) is 0 Å². The number of aromatic nitrogens is 1. The molecule has 0 fully saturated rings. The van der Waals surface area contributed by atoms with Gasteiger partial charge in [-0.05, 0) is 38.8 Å². The van der Waals surface area contributed by atoms with E-state index in [1.54, 1.807) is 17.7 Å². The average Bonchev–Trinajstić information content (AvgIpc) is 2.74. The van der Waals surface area contributed by atoms with Crippen molar-refractivity contribution in [2.24, 2.45) is 0 Å². The van der Waals surface area contributed by atoms with Crippen LogP contribution >= 0.6 is 0 Å². The molecule has 1 aromatic carbocycles. The molecule has 0 aliphatic carbocycles. The van der Waals surface area contributed by atoms with E-state index in [0.29, 0.717) is 0 Å². The fourth-order valence-corrected chi connectivity index (χ4v) is 2.75. The Morgan fingerprint density at radius 2 is 1.91 bits per heavy atom. The molecule has 5 nitrogen and oxygen atoms in total. The van der Waals surface area contributed by atoms with Gasteiger partial charge in [-0.2, -0.15) is 5.26 Å². The fourth-order valence-electron chi connectivity index (χ4n) is 2.75. The molecule has 0 atom stereocenters. The maximum atomic E-state index is 12.2. The third-order valence-electron chi connectivity index (χ3n) is 3.51. The summed E-state index contributed by atoms with van der Waals surface area (Å²) in [6.45, 7) is 7.92. The van der Waals surface area contributed by atoms with E-state index in [4.69, 9.17) is 10.5 Å². The number of hydrogen-bond donors (Lipinski definition) is 1. The summed E-state index contributed by atoms with van der Waals surface area (Å²) in [6, 6.07) is 6.07. The van der Waals surface area contributed by atoms with Gasteiger partial charge in [0.05, 0.1) is 23.5 Å². The molecule has 1 aromatic heterocycles. The zero-order valence-electron chi connectivity index (χ0n) is 13.2. The Balaban J connectivity index is 2.76. The van der Waals surface area contributed by atoms with Crippen LogP contribution in [0.5, 0.6) is 0 Å². The van der Waals surface area contributed by atoms with Gasteiger partial charge >= 0.3 is 5.97 Å². The number of ether oxygens (including phenoxy) is 1. The Bertz CT molecular complexity index is 759. The largest absolute Gasteiger partial charge is 0.461 e. The highest BCUT2D eigenvalue weighted by molar-refractivity contribution is 5.96. The highest BCUT2D eigenvalue weighted by Gasteiger charge is 2.23. The zero-order valence-corrected chi connectivity index (χ0v) is 13.2. The van der Waals surface area contributed by atoms with Crippen LogP contribution in [0.15, 0.2) is 18.3 Å². The van der Waals surface area contributed by atoms with Gasteiger partial charge in [0, 0.05) is 6.20 Å². The normalized spacial score (nSPS) is 10.3. The molecule has 114 valence electrons. The lowest BCUT2D eigenvalue weighted by molar-refractivity contribution is 0.0518. The van der Waals surface area contributed by atoms with E-state index in [0.717, 1.165) is 22.4 Å². The van der Waals surface area contributed by atoms with Crippen molar-refractivity contribution in [3.05, 3.63) is 46.3 Å². The maximum Gasteiger partial charge on any atom is 0.357 e. The molecular weight excluding hydrogens is 278 g/mol. The second-order valence-corrected chi connectivity index (χ2v) is 5.25. The van der Waals surface area contributed by atoms with E-state index in [9.17, 15) is 10.1 Å². The lowest BCUT2D eigenvalue weighted by atomic mass is 10.0. The number of carbonyl (C=O) groups is 1. The summed E-state index contributed by atoms with van der Waals surface area (Å²) in [6.07, 6.45) is 1.59. The first-order valence-corrected chi connectivity index (χ1v) is 7.07. The van der Waals surface area contributed by atoms with Crippen molar-refractivity contribution in [2.75, 3.05) is 12.3 Å². The van der Waals surface area contributed by atoms with E-state index in [1.807, 2.05) is 39.0 Å². The number of nitrogen functional groups attached to an aromatic ring is 1. The molecule has 0 aliphatic rings. The van der Waals surface area contributed by atoms with Crippen LogP contribution in [-0.2, 0) is 4.74 Å². The summed E-state index contributed by atoms with van der Waals surface area (Å²) in [4.78, 5) is 12.2. The molecular formula is C17H19N3O2. The van der Waals surface area contributed by atoms with Gasteiger partial charge in [-0.15, -0.1) is 0 Å². The van der Waals surface area contributed by atoms with Gasteiger partial charge in [-0.3, -0.25) is 0 Å². The van der Waals surface area contributed by atoms with Crippen molar-refractivity contribution >= 4 is 11.7 Å². The van der Waals surface area contributed by atoms with Crippen molar-refractivity contribution in [2.45, 2.75) is 27.7 Å². The maximum absolute atomic E-state index is 12.2. The molecule has 5 heteroatoms. The van der Waals surface area contributed by atoms with Gasteiger partial charge in [0.2, 0.25) is 0 Å². The van der Waals surface area contributed by atoms with E-state index < -0.39 is 5.97 Å². The van der Waals surface area contributed by atoms with Crippen LogP contribution in [0.2, 0.25) is 0 Å². The van der Waals surface area contributed by atoms with E-state index in [-0.39, 0.29) is 23.6 Å². The van der Waals surface area contributed by atoms with Crippen LogP contribution in [0, 0.1) is 32.1 Å². The minimum Gasteiger partial charge on any atom is -0.461 e. The monoisotopic (exact) mass is 297 g/mol. The molecule has 2 N–H and O–H groups in total. The molecule has 0 saturated carbocycles. The van der Waals surface area contributed by atoms with Crippen molar-refractivity contribution < 1.29 is 9.53 Å². The summed E-state index contributed by atoms with van der Waals surface area (Å²) >= 11 is 0. The number of nitrogens with two attached hydrogens (primary N) is 1. The predicted octanol–water partition coefficient (Wildman–Crippen LogP) is 3.03. The van der Waals surface area contributed by atoms with Gasteiger partial charge in [0.25, 0.3) is 0 Å². The van der Waals surface area contributed by atoms with Crippen LogP contribution in [-0.4, -0.2) is 17.1 Å². The Hall–Kier alpha value is -2.74. The number of nitrogens with zero attached hydrogens (tertiary/aromatic N) is 2. The molecule has 0 aliphatic heterocycles. The second-order valence-electron chi connectivity index (χ2n) is 5.25. The van der Waals surface area contributed by atoms with Gasteiger partial charge < -0.3 is 15.0 Å². The number of benzene rings is 1. The van der Waals surface area contributed by atoms with Gasteiger partial charge in [0.15, 0.2) is 5.69 Å². The summed E-state index contributed by atoms with van der Waals surface area (Å²) in [5.74, 6) is -0.527. The standard InChI is InChI=1S/C17H19N3O2/c1-5-22-17(21)16-14(19)13(8-18)9-20(16)15-11(3)6-10(2)7-12(15)4/h6-7,9H,5,19H2,1-4H3. The van der Waals surface area contributed by atoms with Crippen LogP contribution in [0.25, 0.3) is 5.69 Å². The lowest BCUT2D eigenvalue weighted by Crippen LogP contribution is -2.14. The number of nitriles is 1. The topological polar surface area (TPSA) is 81.0 Å². The van der Waals surface area contributed by atoms with Crippen LogP contribution in [0.1, 0.15) is 39.7 Å². The molecule has 1 heterocycles. The Labute approximate surface area is 129 Å². The van der Waals surface area contributed by atoms with Crippen molar-refractivity contribution in [3.8, 4) is 11.8 Å². The zero-order chi connectivity index (χ0) is 16.4.